The molecule has 0 amide bonds. The maximum atomic E-state index is 2.29. The van der Waals surface area contributed by atoms with Crippen molar-refractivity contribution in [1.82, 2.24) is 0 Å². The van der Waals surface area contributed by atoms with E-state index in [9.17, 15) is 0 Å². The number of rotatable bonds is 0. The quantitative estimate of drug-likeness (QED) is 0.480. The standard InChI is InChI=1S/C4H3Te.Li/c1-2-4-5-3-1;/h1-3H;. The van der Waals surface area contributed by atoms with Gasteiger partial charge in [0.1, 0.15) is 0 Å². The van der Waals surface area contributed by atoms with E-state index in [4.69, 9.17) is 0 Å². The first-order valence-corrected chi connectivity index (χ1v) is 4.41. The van der Waals surface area contributed by atoms with E-state index in [-0.39, 0.29) is 20.4 Å². The molecular weight excluding hydrogens is 183 g/mol. The molecule has 0 aliphatic heterocycles. The molecule has 1 aromatic rings. The summed E-state index contributed by atoms with van der Waals surface area (Å²) < 4.78 is 3.89. The van der Waals surface area contributed by atoms with Crippen LogP contribution in [0.15, 0.2) is 16.2 Å². The van der Waals surface area contributed by atoms with Gasteiger partial charge in [0.25, 0.3) is 0 Å². The van der Waals surface area contributed by atoms with Gasteiger partial charge in [-0.3, -0.25) is 0 Å². The van der Waals surface area contributed by atoms with Crippen molar-refractivity contribution in [3.63, 3.8) is 0 Å². The number of hydrogen-bond donors (Lipinski definition) is 0. The topological polar surface area (TPSA) is 0 Å². The van der Waals surface area contributed by atoms with Crippen molar-refractivity contribution in [2.75, 3.05) is 0 Å². The molecular formula is C4H3LiTe. The minimum absolute atomic E-state index is 0.213. The van der Waals surface area contributed by atoms with Gasteiger partial charge in [0.2, 0.25) is 0 Å². The maximum absolute atomic E-state index is 2.29. The predicted molar refractivity (Wildman–Crippen MR) is 28.8 cm³/mol. The van der Waals surface area contributed by atoms with Crippen molar-refractivity contribution >= 4 is 40.4 Å². The molecule has 0 fully saturated rings. The Bertz CT molecular complexity index is 111. The van der Waals surface area contributed by atoms with Gasteiger partial charge in [0, 0.05) is 0 Å². The third-order valence-electron chi connectivity index (χ3n) is 0.663. The molecule has 26 valence electrons. The molecule has 0 radical (unpaired) electrons. The van der Waals surface area contributed by atoms with Crippen LogP contribution in [-0.2, 0) is 0 Å². The van der Waals surface area contributed by atoms with Crippen LogP contribution in [0.5, 0.6) is 0 Å². The third-order valence-corrected chi connectivity index (χ3v) is 2.95. The monoisotopic (exact) mass is 188 g/mol. The van der Waals surface area contributed by atoms with Crippen molar-refractivity contribution in [2.45, 2.75) is 0 Å². The molecule has 0 nitrogen and oxygen atoms in total. The van der Waals surface area contributed by atoms with Crippen LogP contribution in [0, 0.1) is 0 Å². The van der Waals surface area contributed by atoms with Gasteiger partial charge in [-0.2, -0.15) is 0 Å². The molecule has 0 aliphatic rings. The molecule has 2 heteroatoms. The summed E-state index contributed by atoms with van der Waals surface area (Å²) >= 11 is 2.41. The second kappa shape index (κ2) is 2.25. The Morgan fingerprint density at radius 3 is 2.67 bits per heavy atom. The third kappa shape index (κ3) is 1.18. The molecule has 0 unspecified atom stereocenters. The molecule has 0 N–H and O–H groups in total. The Kier molecular flexibility index (Phi) is 1.88. The van der Waals surface area contributed by atoms with Gasteiger partial charge in [0.05, 0.1) is 0 Å². The molecule has 0 spiro atoms. The summed E-state index contributed by atoms with van der Waals surface area (Å²) in [5, 5.41) is 0. The molecule has 0 aliphatic carbocycles. The van der Waals surface area contributed by atoms with Crippen molar-refractivity contribution < 1.29 is 0 Å². The fraction of sp³-hybridized carbons (Fsp3) is 0. The second-order valence-corrected chi connectivity index (χ2v) is 4.51. The van der Waals surface area contributed by atoms with Crippen LogP contribution in [0.25, 0.3) is 0 Å². The fourth-order valence-corrected chi connectivity index (χ4v) is 1.87. The Morgan fingerprint density at radius 2 is 2.50 bits per heavy atom. The summed E-state index contributed by atoms with van der Waals surface area (Å²) in [4.78, 5) is 0. The van der Waals surface area contributed by atoms with Crippen molar-refractivity contribution in [3.05, 3.63) is 16.2 Å². The second-order valence-electron chi connectivity index (χ2n) is 1.22. The van der Waals surface area contributed by atoms with Gasteiger partial charge in [-0.1, -0.05) is 0 Å². The molecule has 0 saturated heterocycles. The van der Waals surface area contributed by atoms with E-state index in [0.717, 1.165) is 0 Å². The van der Waals surface area contributed by atoms with Crippen LogP contribution in [0.1, 0.15) is 0 Å². The zero-order valence-electron chi connectivity index (χ0n) is 3.64. The van der Waals surface area contributed by atoms with Gasteiger partial charge >= 0.3 is 56.6 Å². The van der Waals surface area contributed by atoms with Gasteiger partial charge in [-0.05, 0) is 0 Å². The molecule has 0 bridgehead atoms. The Balaban J connectivity index is 3.05. The molecule has 1 rings (SSSR count). The number of hydrogen-bond acceptors (Lipinski definition) is 0. The average Bonchev–Trinajstić information content (AvgIpc) is 1.86. The summed E-state index contributed by atoms with van der Waals surface area (Å²) in [5.74, 6) is 0. The van der Waals surface area contributed by atoms with Crippen molar-refractivity contribution in [2.24, 2.45) is 0 Å². The van der Waals surface area contributed by atoms with Crippen LogP contribution >= 0.6 is 0 Å². The first-order chi connectivity index (χ1) is 2.89. The van der Waals surface area contributed by atoms with E-state index >= 15 is 0 Å². The Morgan fingerprint density at radius 1 is 1.67 bits per heavy atom. The van der Waals surface area contributed by atoms with Crippen molar-refractivity contribution in [3.8, 4) is 0 Å². The van der Waals surface area contributed by atoms with E-state index in [2.05, 4.69) is 33.9 Å². The fourth-order valence-electron chi connectivity index (χ4n) is 0.361. The molecule has 6 heavy (non-hydrogen) atoms. The SMILES string of the molecule is [Li][c]1ccc[te]1. The Labute approximate surface area is 56.4 Å². The van der Waals surface area contributed by atoms with Gasteiger partial charge in [0.15, 0.2) is 0 Å². The van der Waals surface area contributed by atoms with E-state index in [1.54, 1.807) is 2.25 Å². The minimum atomic E-state index is 0.213. The normalized spacial score (nSPS) is 9.00. The first kappa shape index (κ1) is 5.01. The molecule has 1 heterocycles. The van der Waals surface area contributed by atoms with Gasteiger partial charge in [-0.15, -0.1) is 0 Å². The molecule has 0 aromatic carbocycles. The average molecular weight is 186 g/mol. The van der Waals surface area contributed by atoms with E-state index in [0.29, 0.717) is 0 Å². The van der Waals surface area contributed by atoms with Crippen LogP contribution in [0.4, 0.5) is 0 Å². The molecule has 0 atom stereocenters. The predicted octanol–water partition coefficient (Wildman–Crippen LogP) is -0.463. The summed E-state index contributed by atoms with van der Waals surface area (Å²) in [6.45, 7) is 0. The van der Waals surface area contributed by atoms with Crippen LogP contribution in [0.3, 0.4) is 0 Å². The Hall–Kier alpha value is 0.867. The van der Waals surface area contributed by atoms with Crippen LogP contribution < -0.4 is 2.25 Å². The van der Waals surface area contributed by atoms with E-state index in [1.807, 2.05) is 0 Å². The first-order valence-electron chi connectivity index (χ1n) is 1.90. The summed E-state index contributed by atoms with van der Waals surface area (Å²) in [7, 11) is 0. The summed E-state index contributed by atoms with van der Waals surface area (Å²) in [6, 6.07) is 4.35. The summed E-state index contributed by atoms with van der Waals surface area (Å²) in [6.07, 6.45) is 0. The summed E-state index contributed by atoms with van der Waals surface area (Å²) in [5.41, 5.74) is 0. The van der Waals surface area contributed by atoms with E-state index < -0.39 is 0 Å². The van der Waals surface area contributed by atoms with Crippen LogP contribution in [-0.4, -0.2) is 38.1 Å². The van der Waals surface area contributed by atoms with Crippen molar-refractivity contribution in [1.29, 1.82) is 0 Å². The molecule has 0 saturated carbocycles. The zero-order chi connectivity index (χ0) is 4.41. The molecule has 1 aromatic heterocycles. The van der Waals surface area contributed by atoms with E-state index in [1.165, 1.54) is 0 Å². The van der Waals surface area contributed by atoms with Crippen LogP contribution in [0.2, 0.25) is 0 Å². The van der Waals surface area contributed by atoms with Gasteiger partial charge in [-0.25, -0.2) is 0 Å². The zero-order valence-corrected chi connectivity index (χ0v) is 5.97. The van der Waals surface area contributed by atoms with Gasteiger partial charge < -0.3 is 0 Å².